The lowest BCUT2D eigenvalue weighted by Gasteiger charge is -2.44. The summed E-state index contributed by atoms with van der Waals surface area (Å²) in [7, 11) is 1.35. The SMILES string of the molecule is COc1ccc([C@@H](N2CCNCC2)C(C)(C)CO)c(C(F)(F)F)c1.Cl. The lowest BCUT2D eigenvalue weighted by molar-refractivity contribution is -0.139. The third kappa shape index (κ3) is 5.00. The highest BCUT2D eigenvalue weighted by Gasteiger charge is 2.42. The molecule has 1 saturated heterocycles. The number of hydrogen-bond acceptors (Lipinski definition) is 4. The number of ether oxygens (including phenoxy) is 1. The van der Waals surface area contributed by atoms with Crippen molar-refractivity contribution in [1.29, 1.82) is 0 Å². The van der Waals surface area contributed by atoms with Crippen LogP contribution in [0.25, 0.3) is 0 Å². The average molecular weight is 383 g/mol. The summed E-state index contributed by atoms with van der Waals surface area (Å²) in [5.41, 5.74) is -1.23. The van der Waals surface area contributed by atoms with Gasteiger partial charge in [0.1, 0.15) is 5.75 Å². The van der Waals surface area contributed by atoms with Crippen molar-refractivity contribution in [3.05, 3.63) is 29.3 Å². The number of methoxy groups -OCH3 is 1. The van der Waals surface area contributed by atoms with Crippen LogP contribution in [0.15, 0.2) is 18.2 Å². The molecule has 2 N–H and O–H groups in total. The first-order valence-corrected chi connectivity index (χ1v) is 8.01. The molecule has 2 rings (SSSR count). The Kier molecular flexibility index (Phi) is 7.55. The van der Waals surface area contributed by atoms with Crippen molar-refractivity contribution in [1.82, 2.24) is 10.2 Å². The second kappa shape index (κ2) is 8.58. The number of aliphatic hydroxyl groups is 1. The van der Waals surface area contributed by atoms with Gasteiger partial charge in [0.05, 0.1) is 12.7 Å². The van der Waals surface area contributed by atoms with E-state index < -0.39 is 23.2 Å². The molecule has 0 bridgehead atoms. The first kappa shape index (κ1) is 22.0. The van der Waals surface area contributed by atoms with Crippen LogP contribution in [0.5, 0.6) is 5.75 Å². The molecule has 0 amide bonds. The fourth-order valence-corrected chi connectivity index (χ4v) is 3.29. The first-order valence-electron chi connectivity index (χ1n) is 8.01. The second-order valence-corrected chi connectivity index (χ2v) is 6.79. The van der Waals surface area contributed by atoms with E-state index in [1.54, 1.807) is 19.9 Å². The van der Waals surface area contributed by atoms with Crippen LogP contribution in [-0.2, 0) is 6.18 Å². The zero-order chi connectivity index (χ0) is 18.0. The van der Waals surface area contributed by atoms with Gasteiger partial charge in [0.25, 0.3) is 0 Å². The topological polar surface area (TPSA) is 44.7 Å². The van der Waals surface area contributed by atoms with Crippen LogP contribution >= 0.6 is 12.4 Å². The predicted octanol–water partition coefficient (Wildman–Crippen LogP) is 3.10. The van der Waals surface area contributed by atoms with Gasteiger partial charge in [0, 0.05) is 44.2 Å². The summed E-state index contributed by atoms with van der Waals surface area (Å²) in [6.45, 7) is 6.10. The first-order chi connectivity index (χ1) is 11.2. The van der Waals surface area contributed by atoms with Crippen LogP contribution in [0, 0.1) is 5.41 Å². The molecule has 0 spiro atoms. The standard InChI is InChI=1S/C17H25F3N2O2.ClH/c1-16(2,11-23)15(22-8-6-21-7-9-22)13-5-4-12(24-3)10-14(13)17(18,19)20;/h4-5,10,15,21,23H,6-9,11H2,1-3H3;1H/t15-;/m1./s1. The van der Waals surface area contributed by atoms with Crippen molar-refractivity contribution in [3.8, 4) is 5.75 Å². The molecular weight excluding hydrogens is 357 g/mol. The van der Waals surface area contributed by atoms with E-state index in [2.05, 4.69) is 5.32 Å². The predicted molar refractivity (Wildman–Crippen MR) is 93.3 cm³/mol. The normalized spacial score (nSPS) is 17.7. The molecule has 0 aromatic heterocycles. The average Bonchev–Trinajstić information content (AvgIpc) is 2.55. The molecule has 0 aliphatic carbocycles. The molecule has 1 aromatic carbocycles. The molecular formula is C17H26ClF3N2O2. The zero-order valence-electron chi connectivity index (χ0n) is 14.7. The highest BCUT2D eigenvalue weighted by atomic mass is 35.5. The van der Waals surface area contributed by atoms with Crippen molar-refractivity contribution in [2.45, 2.75) is 26.1 Å². The minimum atomic E-state index is -4.48. The van der Waals surface area contributed by atoms with Crippen LogP contribution in [0.2, 0.25) is 0 Å². The van der Waals surface area contributed by atoms with Gasteiger partial charge in [0.15, 0.2) is 0 Å². The van der Waals surface area contributed by atoms with Gasteiger partial charge in [-0.2, -0.15) is 13.2 Å². The Hall–Kier alpha value is -1.02. The third-order valence-electron chi connectivity index (χ3n) is 4.52. The zero-order valence-corrected chi connectivity index (χ0v) is 15.5. The Morgan fingerprint density at radius 1 is 1.24 bits per heavy atom. The monoisotopic (exact) mass is 382 g/mol. The Balaban J connectivity index is 0.00000312. The van der Waals surface area contributed by atoms with E-state index >= 15 is 0 Å². The molecule has 1 aliphatic heterocycles. The van der Waals surface area contributed by atoms with E-state index in [4.69, 9.17) is 4.74 Å². The van der Waals surface area contributed by atoms with E-state index in [1.165, 1.54) is 13.2 Å². The molecule has 1 heterocycles. The molecule has 8 heteroatoms. The summed E-state index contributed by atoms with van der Waals surface area (Å²) in [6, 6.07) is 3.53. The van der Waals surface area contributed by atoms with E-state index in [0.29, 0.717) is 13.1 Å². The number of alkyl halides is 3. The number of rotatable bonds is 5. The van der Waals surface area contributed by atoms with Crippen molar-refractivity contribution in [3.63, 3.8) is 0 Å². The fraction of sp³-hybridized carbons (Fsp3) is 0.647. The highest BCUT2D eigenvalue weighted by Crippen LogP contribution is 2.45. The number of hydrogen-bond donors (Lipinski definition) is 2. The summed E-state index contributed by atoms with van der Waals surface area (Å²) in [6.07, 6.45) is -4.48. The largest absolute Gasteiger partial charge is 0.497 e. The Labute approximate surface area is 152 Å². The molecule has 0 radical (unpaired) electrons. The van der Waals surface area contributed by atoms with Crippen molar-refractivity contribution < 1.29 is 23.0 Å². The Morgan fingerprint density at radius 2 is 1.84 bits per heavy atom. The summed E-state index contributed by atoms with van der Waals surface area (Å²) in [4.78, 5) is 2.02. The maximum atomic E-state index is 13.6. The number of piperazine rings is 1. The van der Waals surface area contributed by atoms with Crippen LogP contribution in [-0.4, -0.2) is 49.9 Å². The van der Waals surface area contributed by atoms with Gasteiger partial charge in [-0.25, -0.2) is 0 Å². The molecule has 4 nitrogen and oxygen atoms in total. The number of nitrogens with zero attached hydrogens (tertiary/aromatic N) is 1. The molecule has 144 valence electrons. The molecule has 1 fully saturated rings. The van der Waals surface area contributed by atoms with Gasteiger partial charge >= 0.3 is 6.18 Å². The molecule has 0 unspecified atom stereocenters. The van der Waals surface area contributed by atoms with Gasteiger partial charge in [-0.3, -0.25) is 4.90 Å². The smallest absolute Gasteiger partial charge is 0.416 e. The van der Waals surface area contributed by atoms with Gasteiger partial charge in [0.2, 0.25) is 0 Å². The highest BCUT2D eigenvalue weighted by molar-refractivity contribution is 5.85. The Morgan fingerprint density at radius 3 is 2.32 bits per heavy atom. The van der Waals surface area contributed by atoms with E-state index in [1.807, 2.05) is 4.90 Å². The van der Waals surface area contributed by atoms with Crippen molar-refractivity contribution in [2.24, 2.45) is 5.41 Å². The number of aliphatic hydroxyl groups excluding tert-OH is 1. The lowest BCUT2D eigenvalue weighted by atomic mass is 9.78. The maximum Gasteiger partial charge on any atom is 0.416 e. The minimum Gasteiger partial charge on any atom is -0.497 e. The molecule has 1 atom stereocenters. The fourth-order valence-electron chi connectivity index (χ4n) is 3.29. The van der Waals surface area contributed by atoms with Crippen molar-refractivity contribution >= 4 is 12.4 Å². The van der Waals surface area contributed by atoms with E-state index in [0.717, 1.165) is 19.2 Å². The molecule has 0 saturated carbocycles. The summed E-state index contributed by atoms with van der Waals surface area (Å²) in [5, 5.41) is 13.0. The van der Waals surface area contributed by atoms with Gasteiger partial charge < -0.3 is 15.2 Å². The van der Waals surface area contributed by atoms with E-state index in [9.17, 15) is 18.3 Å². The molecule has 1 aromatic rings. The minimum absolute atomic E-state index is 0. The maximum absolute atomic E-state index is 13.6. The quantitative estimate of drug-likeness (QED) is 0.821. The summed E-state index contributed by atoms with van der Waals surface area (Å²) in [5.74, 6) is 0.173. The van der Waals surface area contributed by atoms with Crippen LogP contribution in [0.3, 0.4) is 0 Å². The van der Waals surface area contributed by atoms with E-state index in [-0.39, 0.29) is 30.3 Å². The number of halogens is 4. The number of benzene rings is 1. The van der Waals surface area contributed by atoms with Crippen LogP contribution in [0.1, 0.15) is 31.0 Å². The van der Waals surface area contributed by atoms with Crippen molar-refractivity contribution in [2.75, 3.05) is 39.9 Å². The van der Waals surface area contributed by atoms with Gasteiger partial charge in [-0.15, -0.1) is 12.4 Å². The van der Waals surface area contributed by atoms with Crippen LogP contribution < -0.4 is 10.1 Å². The summed E-state index contributed by atoms with van der Waals surface area (Å²) < 4.78 is 45.9. The van der Waals surface area contributed by atoms with Gasteiger partial charge in [-0.1, -0.05) is 19.9 Å². The lowest BCUT2D eigenvalue weighted by Crippen LogP contribution is -2.50. The third-order valence-corrected chi connectivity index (χ3v) is 4.52. The number of nitrogens with one attached hydrogen (secondary N) is 1. The molecule has 1 aliphatic rings. The Bertz CT molecular complexity index is 561. The summed E-state index contributed by atoms with van der Waals surface area (Å²) >= 11 is 0. The second-order valence-electron chi connectivity index (χ2n) is 6.79. The van der Waals surface area contributed by atoms with Gasteiger partial charge in [-0.05, 0) is 17.7 Å². The van der Waals surface area contributed by atoms with Crippen LogP contribution in [0.4, 0.5) is 13.2 Å². The molecule has 25 heavy (non-hydrogen) atoms.